The Balaban J connectivity index is 1.84. The van der Waals surface area contributed by atoms with Crippen molar-refractivity contribution in [3.8, 4) is 5.75 Å². The molecule has 1 aromatic carbocycles. The zero-order valence-corrected chi connectivity index (χ0v) is 11.9. The first-order chi connectivity index (χ1) is 9.31. The second-order valence-corrected chi connectivity index (χ2v) is 5.28. The van der Waals surface area contributed by atoms with Crippen molar-refractivity contribution in [3.63, 3.8) is 0 Å². The van der Waals surface area contributed by atoms with Gasteiger partial charge in [0, 0.05) is 38.4 Å². The van der Waals surface area contributed by atoms with Crippen LogP contribution in [0.3, 0.4) is 0 Å². The van der Waals surface area contributed by atoms with Crippen molar-refractivity contribution < 1.29 is 4.74 Å². The number of methoxy groups -OCH3 is 1. The summed E-state index contributed by atoms with van der Waals surface area (Å²) < 4.78 is 5.59. The Bertz CT molecular complexity index is 453. The highest BCUT2D eigenvalue weighted by Gasteiger charge is 2.21. The standard InChI is InChI=1S/C15H23N3O/c1-3-17-6-8-18(9-7-17)14-11-13-12(4-5-16-13)10-15(14)19-2/h10-11,16H,3-9H2,1-2H3. The number of hydrogen-bond donors (Lipinski definition) is 1. The van der Waals surface area contributed by atoms with E-state index in [-0.39, 0.29) is 0 Å². The number of nitrogens with zero attached hydrogens (tertiary/aromatic N) is 2. The monoisotopic (exact) mass is 261 g/mol. The third-order valence-electron chi connectivity index (χ3n) is 4.27. The van der Waals surface area contributed by atoms with Gasteiger partial charge in [-0.15, -0.1) is 0 Å². The van der Waals surface area contributed by atoms with Crippen molar-refractivity contribution in [3.05, 3.63) is 17.7 Å². The number of rotatable bonds is 3. The van der Waals surface area contributed by atoms with Crippen LogP contribution in [-0.2, 0) is 6.42 Å². The molecule has 19 heavy (non-hydrogen) atoms. The molecule has 2 aliphatic heterocycles. The minimum atomic E-state index is 1.02. The highest BCUT2D eigenvalue weighted by atomic mass is 16.5. The number of nitrogens with one attached hydrogen (secondary N) is 1. The van der Waals surface area contributed by atoms with Gasteiger partial charge in [0.25, 0.3) is 0 Å². The van der Waals surface area contributed by atoms with Gasteiger partial charge < -0.3 is 19.9 Å². The van der Waals surface area contributed by atoms with E-state index in [9.17, 15) is 0 Å². The van der Waals surface area contributed by atoms with Gasteiger partial charge in [0.15, 0.2) is 0 Å². The largest absolute Gasteiger partial charge is 0.495 e. The quantitative estimate of drug-likeness (QED) is 0.898. The van der Waals surface area contributed by atoms with Gasteiger partial charge in [0.2, 0.25) is 0 Å². The molecule has 1 aromatic rings. The van der Waals surface area contributed by atoms with E-state index < -0.39 is 0 Å². The maximum Gasteiger partial charge on any atom is 0.142 e. The average Bonchev–Trinajstić information content (AvgIpc) is 2.93. The minimum Gasteiger partial charge on any atom is -0.495 e. The summed E-state index contributed by atoms with van der Waals surface area (Å²) in [5, 5.41) is 3.46. The van der Waals surface area contributed by atoms with Crippen LogP contribution in [-0.4, -0.2) is 51.3 Å². The summed E-state index contributed by atoms with van der Waals surface area (Å²) in [5.74, 6) is 1.02. The van der Waals surface area contributed by atoms with Crippen molar-refractivity contribution in [2.24, 2.45) is 0 Å². The van der Waals surface area contributed by atoms with Crippen molar-refractivity contribution in [1.29, 1.82) is 0 Å². The fraction of sp³-hybridized carbons (Fsp3) is 0.600. The van der Waals surface area contributed by atoms with Gasteiger partial charge in [-0.2, -0.15) is 0 Å². The summed E-state index contributed by atoms with van der Waals surface area (Å²) in [6, 6.07) is 4.47. The molecule has 0 atom stereocenters. The van der Waals surface area contributed by atoms with Crippen LogP contribution >= 0.6 is 0 Å². The van der Waals surface area contributed by atoms with E-state index in [1.807, 2.05) is 0 Å². The Kier molecular flexibility index (Phi) is 3.51. The molecule has 0 amide bonds. The SMILES string of the molecule is CCN1CCN(c2cc3c(cc2OC)CCN3)CC1. The molecule has 0 spiro atoms. The fourth-order valence-electron chi connectivity index (χ4n) is 3.03. The fourth-order valence-corrected chi connectivity index (χ4v) is 3.03. The number of hydrogen-bond acceptors (Lipinski definition) is 4. The third kappa shape index (κ3) is 2.37. The molecule has 4 heteroatoms. The topological polar surface area (TPSA) is 27.7 Å². The summed E-state index contributed by atoms with van der Waals surface area (Å²) in [7, 11) is 1.77. The first-order valence-corrected chi connectivity index (χ1v) is 7.24. The molecule has 0 radical (unpaired) electrons. The van der Waals surface area contributed by atoms with Crippen molar-refractivity contribution in [2.45, 2.75) is 13.3 Å². The lowest BCUT2D eigenvalue weighted by Crippen LogP contribution is -2.46. The predicted octanol–water partition coefficient (Wildman–Crippen LogP) is 1.81. The second kappa shape index (κ2) is 5.29. The van der Waals surface area contributed by atoms with Crippen LogP contribution in [0.5, 0.6) is 5.75 Å². The average molecular weight is 261 g/mol. The molecule has 3 rings (SSSR count). The van der Waals surface area contributed by atoms with E-state index in [2.05, 4.69) is 34.2 Å². The van der Waals surface area contributed by atoms with Gasteiger partial charge >= 0.3 is 0 Å². The van der Waals surface area contributed by atoms with E-state index in [1.54, 1.807) is 7.11 Å². The first kappa shape index (κ1) is 12.6. The van der Waals surface area contributed by atoms with Crippen LogP contribution in [0.25, 0.3) is 0 Å². The molecule has 4 nitrogen and oxygen atoms in total. The van der Waals surface area contributed by atoms with Crippen molar-refractivity contribution in [1.82, 2.24) is 4.90 Å². The Morgan fingerprint density at radius 3 is 2.68 bits per heavy atom. The van der Waals surface area contributed by atoms with Crippen molar-refractivity contribution >= 4 is 11.4 Å². The number of ether oxygens (including phenoxy) is 1. The maximum atomic E-state index is 5.59. The van der Waals surface area contributed by atoms with E-state index in [0.29, 0.717) is 0 Å². The normalized spacial score (nSPS) is 19.2. The lowest BCUT2D eigenvalue weighted by Gasteiger charge is -2.36. The molecule has 0 saturated carbocycles. The molecule has 0 bridgehead atoms. The summed E-state index contributed by atoms with van der Waals surface area (Å²) >= 11 is 0. The van der Waals surface area contributed by atoms with Gasteiger partial charge in [-0.1, -0.05) is 6.92 Å². The molecule has 104 valence electrons. The predicted molar refractivity (Wildman–Crippen MR) is 79.5 cm³/mol. The maximum absolute atomic E-state index is 5.59. The molecular weight excluding hydrogens is 238 g/mol. The summed E-state index contributed by atoms with van der Waals surface area (Å²) in [4.78, 5) is 4.94. The highest BCUT2D eigenvalue weighted by molar-refractivity contribution is 5.71. The lowest BCUT2D eigenvalue weighted by atomic mass is 10.1. The van der Waals surface area contributed by atoms with E-state index in [1.165, 1.54) is 16.9 Å². The number of likely N-dealkylation sites (N-methyl/N-ethyl adjacent to an activating group) is 1. The molecule has 0 aliphatic carbocycles. The van der Waals surface area contributed by atoms with Crippen LogP contribution in [0.4, 0.5) is 11.4 Å². The van der Waals surface area contributed by atoms with Crippen LogP contribution in [0.2, 0.25) is 0 Å². The number of piperazine rings is 1. The third-order valence-corrected chi connectivity index (χ3v) is 4.27. The Hall–Kier alpha value is -1.42. The van der Waals surface area contributed by atoms with Crippen LogP contribution < -0.4 is 15.0 Å². The lowest BCUT2D eigenvalue weighted by molar-refractivity contribution is 0.270. The van der Waals surface area contributed by atoms with E-state index in [0.717, 1.165) is 51.4 Å². The molecule has 0 unspecified atom stereocenters. The van der Waals surface area contributed by atoms with Crippen LogP contribution in [0, 0.1) is 0 Å². The van der Waals surface area contributed by atoms with Gasteiger partial charge in [0.05, 0.1) is 12.8 Å². The zero-order valence-electron chi connectivity index (χ0n) is 11.9. The Labute approximate surface area is 115 Å². The number of anilines is 2. The zero-order chi connectivity index (χ0) is 13.2. The molecular formula is C15H23N3O. The molecule has 1 saturated heterocycles. The molecule has 2 heterocycles. The number of benzene rings is 1. The van der Waals surface area contributed by atoms with Crippen molar-refractivity contribution in [2.75, 3.05) is 56.6 Å². The van der Waals surface area contributed by atoms with Crippen LogP contribution in [0.1, 0.15) is 12.5 Å². The Morgan fingerprint density at radius 2 is 2.00 bits per heavy atom. The first-order valence-electron chi connectivity index (χ1n) is 7.24. The highest BCUT2D eigenvalue weighted by Crippen LogP contribution is 2.36. The van der Waals surface area contributed by atoms with Gasteiger partial charge in [-0.3, -0.25) is 0 Å². The van der Waals surface area contributed by atoms with E-state index in [4.69, 9.17) is 4.74 Å². The molecule has 0 aromatic heterocycles. The minimum absolute atomic E-state index is 1.02. The summed E-state index contributed by atoms with van der Waals surface area (Å²) in [6.45, 7) is 8.89. The van der Waals surface area contributed by atoms with Gasteiger partial charge in [0.1, 0.15) is 5.75 Å². The number of fused-ring (bicyclic) bond motifs is 1. The Morgan fingerprint density at radius 1 is 1.21 bits per heavy atom. The van der Waals surface area contributed by atoms with Crippen LogP contribution in [0.15, 0.2) is 12.1 Å². The molecule has 2 aliphatic rings. The van der Waals surface area contributed by atoms with Gasteiger partial charge in [-0.05, 0) is 30.7 Å². The summed E-state index contributed by atoms with van der Waals surface area (Å²) in [6.07, 6.45) is 1.11. The molecule has 1 N–H and O–H groups in total. The van der Waals surface area contributed by atoms with Gasteiger partial charge in [-0.25, -0.2) is 0 Å². The second-order valence-electron chi connectivity index (χ2n) is 5.28. The molecule has 1 fully saturated rings. The summed E-state index contributed by atoms with van der Waals surface area (Å²) in [5.41, 5.74) is 3.91. The van der Waals surface area contributed by atoms with E-state index >= 15 is 0 Å². The smallest absolute Gasteiger partial charge is 0.142 e.